The highest BCUT2D eigenvalue weighted by Gasteiger charge is 2.23. The second-order valence-electron chi connectivity index (χ2n) is 7.46. The summed E-state index contributed by atoms with van der Waals surface area (Å²) in [4.78, 5) is 58.5. The quantitative estimate of drug-likeness (QED) is 0.127. The van der Waals surface area contributed by atoms with Crippen molar-refractivity contribution in [1.82, 2.24) is 5.32 Å². The van der Waals surface area contributed by atoms with Gasteiger partial charge in [-0.1, -0.05) is 12.7 Å². The number of carboxylic acids is 1. The molecule has 0 radical (unpaired) electrons. The highest BCUT2D eigenvalue weighted by molar-refractivity contribution is 6.01. The minimum Gasteiger partial charge on any atom is -0.478 e. The number of Topliss-reactive ketones (excluding diaryl/α,β-unsaturated/α-hetero) is 1. The van der Waals surface area contributed by atoms with Gasteiger partial charge in [-0.15, -0.1) is 0 Å². The van der Waals surface area contributed by atoms with E-state index in [-0.39, 0.29) is 48.6 Å². The third-order valence-electron chi connectivity index (χ3n) is 4.93. The van der Waals surface area contributed by atoms with E-state index >= 15 is 0 Å². The molecule has 0 aliphatic carbocycles. The fraction of sp³-hybridized carbons (Fsp3) is 0.250. The van der Waals surface area contributed by atoms with Crippen LogP contribution in [0.25, 0.3) is 0 Å². The molecule has 0 unspecified atom stereocenters. The van der Waals surface area contributed by atoms with Crippen LogP contribution >= 0.6 is 0 Å². The SMILES string of the molecule is C=CCOC(=O)NCCC[C@H](CC(=O)c1ccc([N+](=O)[O-])cc1)C(=O)Nc1ccc(C(=O)O)cc1. The molecule has 0 bridgehead atoms. The number of benzene rings is 2. The van der Waals surface area contributed by atoms with Gasteiger partial charge in [0.2, 0.25) is 5.91 Å². The lowest BCUT2D eigenvalue weighted by Gasteiger charge is -2.17. The van der Waals surface area contributed by atoms with Crippen molar-refractivity contribution in [2.45, 2.75) is 19.3 Å². The normalized spacial score (nSPS) is 11.1. The summed E-state index contributed by atoms with van der Waals surface area (Å²) in [6.07, 6.45) is 1.24. The molecule has 2 amide bonds. The summed E-state index contributed by atoms with van der Waals surface area (Å²) in [7, 11) is 0. The lowest BCUT2D eigenvalue weighted by Crippen LogP contribution is -2.28. The van der Waals surface area contributed by atoms with Gasteiger partial charge in [0.25, 0.3) is 5.69 Å². The molecule has 0 aliphatic heterocycles. The van der Waals surface area contributed by atoms with Gasteiger partial charge in [-0.05, 0) is 49.2 Å². The third kappa shape index (κ3) is 8.72. The highest BCUT2D eigenvalue weighted by Crippen LogP contribution is 2.20. The Kier molecular flexibility index (Phi) is 10.1. The number of amides is 2. The second-order valence-corrected chi connectivity index (χ2v) is 7.46. The Labute approximate surface area is 200 Å². The van der Waals surface area contributed by atoms with Crippen LogP contribution in [0, 0.1) is 16.0 Å². The smallest absolute Gasteiger partial charge is 0.407 e. The Morgan fingerprint density at radius 3 is 2.26 bits per heavy atom. The Balaban J connectivity index is 2.06. The van der Waals surface area contributed by atoms with E-state index in [1.54, 1.807) is 0 Å². The van der Waals surface area contributed by atoms with E-state index in [4.69, 9.17) is 9.84 Å². The molecule has 3 N–H and O–H groups in total. The zero-order chi connectivity index (χ0) is 25.8. The first-order chi connectivity index (χ1) is 16.7. The molecule has 0 spiro atoms. The number of ketones is 1. The molecule has 0 saturated carbocycles. The summed E-state index contributed by atoms with van der Waals surface area (Å²) >= 11 is 0. The number of nitro benzene ring substituents is 1. The lowest BCUT2D eigenvalue weighted by molar-refractivity contribution is -0.384. The first-order valence-corrected chi connectivity index (χ1v) is 10.6. The molecule has 0 heterocycles. The maximum absolute atomic E-state index is 12.9. The van der Waals surface area contributed by atoms with Gasteiger partial charge < -0.3 is 20.5 Å². The van der Waals surface area contributed by atoms with E-state index in [9.17, 15) is 29.3 Å². The van der Waals surface area contributed by atoms with Crippen molar-refractivity contribution in [3.8, 4) is 0 Å². The summed E-state index contributed by atoms with van der Waals surface area (Å²) < 4.78 is 4.81. The predicted molar refractivity (Wildman–Crippen MR) is 126 cm³/mol. The summed E-state index contributed by atoms with van der Waals surface area (Å²) in [6, 6.07) is 10.6. The summed E-state index contributed by atoms with van der Waals surface area (Å²) in [6.45, 7) is 3.71. The van der Waals surface area contributed by atoms with Crippen LogP contribution in [-0.2, 0) is 9.53 Å². The number of nitrogens with one attached hydrogen (secondary N) is 2. The average Bonchev–Trinajstić information content (AvgIpc) is 2.84. The molecule has 0 aromatic heterocycles. The number of carbonyl (C=O) groups excluding carboxylic acids is 3. The van der Waals surface area contributed by atoms with Gasteiger partial charge in [0.1, 0.15) is 6.61 Å². The standard InChI is InChI=1S/C24H25N3O8/c1-2-14-35-24(32)25-13-3-4-18(15-21(28)16-7-11-20(12-8-16)27(33)34)22(29)26-19-9-5-17(6-10-19)23(30)31/h2,5-12,18H,1,3-4,13-15H2,(H,25,32)(H,26,29)(H,30,31)/t18-/m1/s1. The molecule has 2 aromatic carbocycles. The number of alkyl carbamates (subject to hydrolysis) is 1. The van der Waals surface area contributed by atoms with Crippen LogP contribution in [0.4, 0.5) is 16.2 Å². The molecule has 35 heavy (non-hydrogen) atoms. The number of aromatic carboxylic acids is 1. The molecule has 0 saturated heterocycles. The van der Waals surface area contributed by atoms with Crippen molar-refractivity contribution in [3.63, 3.8) is 0 Å². The number of carboxylic acid groups (broad SMARTS) is 1. The van der Waals surface area contributed by atoms with Crippen LogP contribution in [0.15, 0.2) is 61.2 Å². The maximum atomic E-state index is 12.9. The Morgan fingerprint density at radius 1 is 1.06 bits per heavy atom. The fourth-order valence-corrected chi connectivity index (χ4v) is 3.10. The van der Waals surface area contributed by atoms with E-state index in [1.807, 2.05) is 0 Å². The number of rotatable bonds is 13. The van der Waals surface area contributed by atoms with Crippen molar-refractivity contribution in [3.05, 3.63) is 82.4 Å². The number of nitro groups is 1. The van der Waals surface area contributed by atoms with Crippen molar-refractivity contribution in [2.75, 3.05) is 18.5 Å². The van der Waals surface area contributed by atoms with Crippen LogP contribution in [0.2, 0.25) is 0 Å². The number of ether oxygens (including phenoxy) is 1. The molecule has 11 nitrogen and oxygen atoms in total. The van der Waals surface area contributed by atoms with Crippen LogP contribution in [0.5, 0.6) is 0 Å². The van der Waals surface area contributed by atoms with Gasteiger partial charge in [-0.25, -0.2) is 9.59 Å². The van der Waals surface area contributed by atoms with Crippen LogP contribution < -0.4 is 10.6 Å². The molecule has 2 rings (SSSR count). The summed E-state index contributed by atoms with van der Waals surface area (Å²) in [5.41, 5.74) is 0.488. The molecular formula is C24H25N3O8. The summed E-state index contributed by atoms with van der Waals surface area (Å²) in [5.74, 6) is -2.71. The van der Waals surface area contributed by atoms with Crippen LogP contribution in [0.3, 0.4) is 0 Å². The number of carbonyl (C=O) groups is 4. The molecule has 0 aliphatic rings. The van der Waals surface area contributed by atoms with Gasteiger partial charge >= 0.3 is 12.1 Å². The highest BCUT2D eigenvalue weighted by atomic mass is 16.6. The van der Waals surface area contributed by atoms with Crippen molar-refractivity contribution in [2.24, 2.45) is 5.92 Å². The number of nitrogens with zero attached hydrogens (tertiary/aromatic N) is 1. The van der Waals surface area contributed by atoms with Crippen molar-refractivity contribution < 1.29 is 33.9 Å². The van der Waals surface area contributed by atoms with Gasteiger partial charge in [-0.2, -0.15) is 0 Å². The summed E-state index contributed by atoms with van der Waals surface area (Å²) in [5, 5.41) is 25.0. The maximum Gasteiger partial charge on any atom is 0.407 e. The zero-order valence-electron chi connectivity index (χ0n) is 18.8. The largest absolute Gasteiger partial charge is 0.478 e. The van der Waals surface area contributed by atoms with Crippen LogP contribution in [-0.4, -0.2) is 46.9 Å². The average molecular weight is 483 g/mol. The minimum absolute atomic E-state index is 0.0568. The van der Waals surface area contributed by atoms with Crippen molar-refractivity contribution >= 4 is 35.1 Å². The monoisotopic (exact) mass is 483 g/mol. The van der Waals surface area contributed by atoms with E-state index in [2.05, 4.69) is 17.2 Å². The zero-order valence-corrected chi connectivity index (χ0v) is 18.8. The number of hydrogen-bond acceptors (Lipinski definition) is 7. The molecule has 184 valence electrons. The number of non-ortho nitro benzene ring substituents is 1. The molecular weight excluding hydrogens is 458 g/mol. The van der Waals surface area contributed by atoms with E-state index in [0.717, 1.165) is 0 Å². The lowest BCUT2D eigenvalue weighted by atomic mass is 9.93. The van der Waals surface area contributed by atoms with Gasteiger partial charge in [0, 0.05) is 42.3 Å². The third-order valence-corrected chi connectivity index (χ3v) is 4.93. The molecule has 1 atom stereocenters. The first-order valence-electron chi connectivity index (χ1n) is 10.6. The Bertz CT molecular complexity index is 1080. The molecule has 2 aromatic rings. The van der Waals surface area contributed by atoms with Crippen molar-refractivity contribution in [1.29, 1.82) is 0 Å². The fourth-order valence-electron chi connectivity index (χ4n) is 3.10. The number of hydrogen-bond donors (Lipinski definition) is 3. The van der Waals surface area contributed by atoms with Crippen LogP contribution in [0.1, 0.15) is 40.0 Å². The van der Waals surface area contributed by atoms with Gasteiger partial charge in [0.15, 0.2) is 5.78 Å². The topological polar surface area (TPSA) is 165 Å². The predicted octanol–water partition coefficient (Wildman–Crippen LogP) is 3.81. The van der Waals surface area contributed by atoms with E-state index in [0.29, 0.717) is 12.1 Å². The van der Waals surface area contributed by atoms with E-state index in [1.165, 1.54) is 54.6 Å². The first kappa shape index (κ1) is 26.7. The second kappa shape index (κ2) is 13.2. The van der Waals surface area contributed by atoms with Gasteiger partial charge in [0.05, 0.1) is 10.5 Å². The Morgan fingerprint density at radius 2 is 1.69 bits per heavy atom. The molecule has 11 heteroatoms. The molecule has 0 fully saturated rings. The Hall–Kier alpha value is -4.54. The van der Waals surface area contributed by atoms with Gasteiger partial charge in [-0.3, -0.25) is 19.7 Å². The van der Waals surface area contributed by atoms with E-state index < -0.39 is 28.8 Å². The minimum atomic E-state index is -1.10. The number of anilines is 1.